The van der Waals surface area contributed by atoms with Crippen LogP contribution in [-0.4, -0.2) is 12.5 Å². The zero-order valence-electron chi connectivity index (χ0n) is 11.3. The quantitative estimate of drug-likeness (QED) is 0.503. The lowest BCUT2D eigenvalue weighted by atomic mass is 10.0. The molecule has 22 heavy (non-hydrogen) atoms. The van der Waals surface area contributed by atoms with Crippen molar-refractivity contribution in [2.24, 2.45) is 0 Å². The highest BCUT2D eigenvalue weighted by Gasteiger charge is 2.36. The highest BCUT2D eigenvalue weighted by Crippen LogP contribution is 2.36. The molecular formula is C14H11F6NO. The predicted molar refractivity (Wildman–Crippen MR) is 66.6 cm³/mol. The number of carbonyl (C=O) groups excluding carboxylic acids is 1. The van der Waals surface area contributed by atoms with Gasteiger partial charge in [-0.2, -0.15) is 26.3 Å². The van der Waals surface area contributed by atoms with Crippen LogP contribution in [0.1, 0.15) is 30.0 Å². The van der Waals surface area contributed by atoms with Gasteiger partial charge in [-0.15, -0.1) is 0 Å². The van der Waals surface area contributed by atoms with Gasteiger partial charge in [-0.05, 0) is 18.2 Å². The Kier molecular flexibility index (Phi) is 5.47. The van der Waals surface area contributed by atoms with Gasteiger partial charge in [-0.3, -0.25) is 4.79 Å². The van der Waals surface area contributed by atoms with Crippen molar-refractivity contribution in [2.75, 3.05) is 6.54 Å². The first kappa shape index (κ1) is 17.9. The van der Waals surface area contributed by atoms with Crippen molar-refractivity contribution in [1.29, 1.82) is 0 Å². The molecule has 0 spiro atoms. The fourth-order valence-corrected chi connectivity index (χ4v) is 1.49. The van der Waals surface area contributed by atoms with Gasteiger partial charge in [0.05, 0.1) is 11.1 Å². The van der Waals surface area contributed by atoms with E-state index < -0.39 is 23.5 Å². The minimum absolute atomic E-state index is 0.0441. The van der Waals surface area contributed by atoms with Crippen molar-refractivity contribution in [3.63, 3.8) is 0 Å². The summed E-state index contributed by atoms with van der Waals surface area (Å²) in [6.45, 7) is 1.43. The van der Waals surface area contributed by atoms with Gasteiger partial charge in [-0.25, -0.2) is 0 Å². The zero-order valence-corrected chi connectivity index (χ0v) is 11.3. The van der Waals surface area contributed by atoms with Crippen LogP contribution in [0, 0.1) is 11.8 Å². The van der Waals surface area contributed by atoms with E-state index in [2.05, 4.69) is 17.2 Å². The molecule has 0 bridgehead atoms. The molecule has 0 atom stereocenters. The van der Waals surface area contributed by atoms with Crippen LogP contribution in [0.3, 0.4) is 0 Å². The second kappa shape index (κ2) is 6.73. The molecule has 0 radical (unpaired) electrons. The number of rotatable bonds is 2. The summed E-state index contributed by atoms with van der Waals surface area (Å²) >= 11 is 0. The minimum Gasteiger partial charge on any atom is -0.355 e. The van der Waals surface area contributed by atoms with Gasteiger partial charge < -0.3 is 5.32 Å². The van der Waals surface area contributed by atoms with E-state index in [1.807, 2.05) is 0 Å². The van der Waals surface area contributed by atoms with Crippen LogP contribution in [0.15, 0.2) is 18.2 Å². The molecule has 8 heteroatoms. The number of alkyl halides is 6. The molecule has 120 valence electrons. The summed E-state index contributed by atoms with van der Waals surface area (Å²) in [6.07, 6.45) is -9.68. The van der Waals surface area contributed by atoms with Gasteiger partial charge in [0, 0.05) is 25.5 Å². The maximum Gasteiger partial charge on any atom is 0.416 e. The van der Waals surface area contributed by atoms with E-state index in [1.54, 1.807) is 0 Å². The molecule has 0 saturated heterocycles. The second-order valence-corrected chi connectivity index (χ2v) is 4.33. The van der Waals surface area contributed by atoms with Crippen molar-refractivity contribution in [3.8, 4) is 11.8 Å². The molecule has 0 saturated carbocycles. The zero-order chi connectivity index (χ0) is 17.0. The Hall–Kier alpha value is -2.17. The van der Waals surface area contributed by atoms with Crippen molar-refractivity contribution in [2.45, 2.75) is 25.7 Å². The lowest BCUT2D eigenvalue weighted by Gasteiger charge is -2.12. The largest absolute Gasteiger partial charge is 0.416 e. The van der Waals surface area contributed by atoms with E-state index in [-0.39, 0.29) is 30.5 Å². The molecule has 0 aromatic heterocycles. The topological polar surface area (TPSA) is 29.1 Å². The van der Waals surface area contributed by atoms with Crippen LogP contribution >= 0.6 is 0 Å². The van der Waals surface area contributed by atoms with E-state index in [0.717, 1.165) is 0 Å². The minimum atomic E-state index is -4.89. The molecule has 0 aliphatic carbocycles. The van der Waals surface area contributed by atoms with Gasteiger partial charge in [0.1, 0.15) is 0 Å². The number of benzene rings is 1. The Bertz CT molecular complexity index is 574. The number of halogens is 6. The average Bonchev–Trinajstić information content (AvgIpc) is 2.35. The molecule has 1 aromatic rings. The Morgan fingerprint density at radius 1 is 1.05 bits per heavy atom. The predicted octanol–water partition coefficient (Wildman–Crippen LogP) is 3.60. The second-order valence-electron chi connectivity index (χ2n) is 4.33. The normalized spacial score (nSPS) is 11.6. The van der Waals surface area contributed by atoms with Crippen molar-refractivity contribution in [1.82, 2.24) is 5.32 Å². The Morgan fingerprint density at radius 2 is 1.55 bits per heavy atom. The van der Waals surface area contributed by atoms with E-state index in [0.29, 0.717) is 12.1 Å². The summed E-state index contributed by atoms with van der Waals surface area (Å²) in [5.41, 5.74) is -3.20. The molecule has 0 fully saturated rings. The summed E-state index contributed by atoms with van der Waals surface area (Å²) in [5, 5.41) is 2.40. The first-order valence-electron chi connectivity index (χ1n) is 6.03. The molecule has 0 aliphatic heterocycles. The first-order chi connectivity index (χ1) is 10.00. The molecule has 1 aromatic carbocycles. The van der Waals surface area contributed by atoms with Crippen molar-refractivity contribution >= 4 is 5.91 Å². The Balaban J connectivity index is 3.04. The summed E-state index contributed by atoms with van der Waals surface area (Å²) in [6, 6.07) is 1.16. The van der Waals surface area contributed by atoms with Crippen LogP contribution in [0.4, 0.5) is 26.3 Å². The van der Waals surface area contributed by atoms with Gasteiger partial charge in [0.25, 0.3) is 0 Å². The molecule has 0 unspecified atom stereocenters. The molecule has 0 aliphatic rings. The third-order valence-electron chi connectivity index (χ3n) is 2.44. The van der Waals surface area contributed by atoms with Crippen LogP contribution in [0.25, 0.3) is 0 Å². The Labute approximate surface area is 122 Å². The van der Waals surface area contributed by atoms with Crippen LogP contribution in [0.5, 0.6) is 0 Å². The SMILES string of the molecule is CC(=O)NCCC#Cc1cc(C(F)(F)F)cc(C(F)(F)F)c1. The fourth-order valence-electron chi connectivity index (χ4n) is 1.49. The monoisotopic (exact) mass is 323 g/mol. The highest BCUT2D eigenvalue weighted by molar-refractivity contribution is 5.72. The number of carbonyl (C=O) groups is 1. The summed E-state index contributed by atoms with van der Waals surface area (Å²) in [5.74, 6) is 4.35. The fraction of sp³-hybridized carbons (Fsp3) is 0.357. The number of hydrogen-bond donors (Lipinski definition) is 1. The molecular weight excluding hydrogens is 312 g/mol. The van der Waals surface area contributed by atoms with E-state index in [9.17, 15) is 31.1 Å². The van der Waals surface area contributed by atoms with Crippen LogP contribution in [0.2, 0.25) is 0 Å². The Morgan fingerprint density at radius 3 is 1.95 bits per heavy atom. The third kappa shape index (κ3) is 5.68. The van der Waals surface area contributed by atoms with E-state index in [1.165, 1.54) is 6.92 Å². The molecule has 2 nitrogen and oxygen atoms in total. The molecule has 1 rings (SSSR count). The average molecular weight is 323 g/mol. The smallest absolute Gasteiger partial charge is 0.355 e. The van der Waals surface area contributed by atoms with E-state index in [4.69, 9.17) is 0 Å². The molecule has 0 heterocycles. The lowest BCUT2D eigenvalue weighted by molar-refractivity contribution is -0.143. The van der Waals surface area contributed by atoms with Crippen molar-refractivity contribution < 1.29 is 31.1 Å². The number of hydrogen-bond acceptors (Lipinski definition) is 1. The first-order valence-corrected chi connectivity index (χ1v) is 6.03. The number of nitrogens with one attached hydrogen (secondary N) is 1. The number of amides is 1. The summed E-state index contributed by atoms with van der Waals surface area (Å²) < 4.78 is 75.6. The molecule has 1 amide bonds. The maximum atomic E-state index is 12.6. The van der Waals surface area contributed by atoms with Crippen LogP contribution < -0.4 is 5.32 Å². The summed E-state index contributed by atoms with van der Waals surface area (Å²) in [4.78, 5) is 10.6. The van der Waals surface area contributed by atoms with Crippen molar-refractivity contribution in [3.05, 3.63) is 34.9 Å². The highest BCUT2D eigenvalue weighted by atomic mass is 19.4. The van der Waals surface area contributed by atoms with Gasteiger partial charge in [-0.1, -0.05) is 11.8 Å². The molecule has 1 N–H and O–H groups in total. The third-order valence-corrected chi connectivity index (χ3v) is 2.44. The maximum absolute atomic E-state index is 12.6. The standard InChI is InChI=1S/C14H11F6NO/c1-9(22)21-5-3-2-4-10-6-11(13(15,16)17)8-12(7-10)14(18,19)20/h6-8H,3,5H2,1H3,(H,21,22). The van der Waals surface area contributed by atoms with E-state index >= 15 is 0 Å². The lowest BCUT2D eigenvalue weighted by Crippen LogP contribution is -2.20. The van der Waals surface area contributed by atoms with Crippen LogP contribution in [-0.2, 0) is 17.1 Å². The summed E-state index contributed by atoms with van der Waals surface area (Å²) in [7, 11) is 0. The van der Waals surface area contributed by atoms with Gasteiger partial charge in [0.2, 0.25) is 5.91 Å². The van der Waals surface area contributed by atoms with Gasteiger partial charge in [0.15, 0.2) is 0 Å². The van der Waals surface area contributed by atoms with Gasteiger partial charge >= 0.3 is 12.4 Å².